The first-order valence-electron chi connectivity index (χ1n) is 8.77. The van der Waals surface area contributed by atoms with Gasteiger partial charge in [-0.1, -0.05) is 12.8 Å². The van der Waals surface area contributed by atoms with Crippen LogP contribution in [0.3, 0.4) is 0 Å². The fourth-order valence-corrected chi connectivity index (χ4v) is 3.08. The number of benzene rings is 1. The molecule has 0 bridgehead atoms. The molecule has 1 amide bonds. The summed E-state index contributed by atoms with van der Waals surface area (Å²) in [5.41, 5.74) is 0.707. The van der Waals surface area contributed by atoms with Crippen molar-refractivity contribution in [1.29, 1.82) is 0 Å². The predicted molar refractivity (Wildman–Crippen MR) is 94.4 cm³/mol. The molecule has 1 aliphatic carbocycles. The summed E-state index contributed by atoms with van der Waals surface area (Å²) >= 11 is 0. The maximum atomic E-state index is 11.8. The first-order valence-corrected chi connectivity index (χ1v) is 8.77. The molecule has 1 fully saturated rings. The second-order valence-electron chi connectivity index (χ2n) is 6.24. The number of amides is 1. The van der Waals surface area contributed by atoms with Gasteiger partial charge in [0.2, 0.25) is 5.75 Å². The molecular formula is C19H23NO6. The van der Waals surface area contributed by atoms with Crippen molar-refractivity contribution in [1.82, 2.24) is 5.32 Å². The summed E-state index contributed by atoms with van der Waals surface area (Å²) in [6.07, 6.45) is 7.10. The Balaban J connectivity index is 1.53. The zero-order valence-corrected chi connectivity index (χ0v) is 14.8. The molecule has 1 aromatic rings. The maximum absolute atomic E-state index is 11.8. The average Bonchev–Trinajstić information content (AvgIpc) is 3.16. The van der Waals surface area contributed by atoms with Gasteiger partial charge in [-0.25, -0.2) is 4.79 Å². The molecule has 140 valence electrons. The molecule has 0 unspecified atom stereocenters. The number of carbonyl (C=O) groups is 2. The monoisotopic (exact) mass is 361 g/mol. The van der Waals surface area contributed by atoms with Gasteiger partial charge in [0.05, 0.1) is 7.11 Å². The number of esters is 1. The molecular weight excluding hydrogens is 338 g/mol. The van der Waals surface area contributed by atoms with E-state index in [4.69, 9.17) is 18.9 Å². The zero-order chi connectivity index (χ0) is 18.4. The minimum Gasteiger partial charge on any atom is -0.493 e. The molecule has 26 heavy (non-hydrogen) atoms. The van der Waals surface area contributed by atoms with Crippen molar-refractivity contribution in [3.05, 3.63) is 23.8 Å². The van der Waals surface area contributed by atoms with Crippen molar-refractivity contribution in [3.8, 4) is 17.2 Å². The van der Waals surface area contributed by atoms with Crippen LogP contribution >= 0.6 is 0 Å². The van der Waals surface area contributed by atoms with Gasteiger partial charge in [0.15, 0.2) is 18.1 Å². The Morgan fingerprint density at radius 3 is 2.77 bits per heavy atom. The quantitative estimate of drug-likeness (QED) is 0.617. The van der Waals surface area contributed by atoms with Crippen LogP contribution in [0.4, 0.5) is 0 Å². The third kappa shape index (κ3) is 4.68. The molecule has 3 rings (SSSR count). The molecule has 1 heterocycles. The minimum atomic E-state index is -0.583. The standard InChI is InChI=1S/C19H23NO6/c1-23-15-10-13(11-16-19(15)25-9-8-24-16)6-7-18(22)26-12-17(21)20-14-4-2-3-5-14/h6-7,10-11,14H,2-5,8-9,12H2,1H3,(H,20,21)/b7-6+. The molecule has 0 aromatic heterocycles. The van der Waals surface area contributed by atoms with E-state index >= 15 is 0 Å². The topological polar surface area (TPSA) is 83.1 Å². The zero-order valence-electron chi connectivity index (χ0n) is 14.8. The second kappa shape index (κ2) is 8.60. The van der Waals surface area contributed by atoms with Crippen LogP contribution in [0.1, 0.15) is 31.2 Å². The van der Waals surface area contributed by atoms with Gasteiger partial charge in [0, 0.05) is 12.1 Å². The number of nitrogens with one attached hydrogen (secondary N) is 1. The number of hydrogen-bond donors (Lipinski definition) is 1. The van der Waals surface area contributed by atoms with E-state index in [1.807, 2.05) is 0 Å². The molecule has 1 aliphatic heterocycles. The van der Waals surface area contributed by atoms with Crippen LogP contribution < -0.4 is 19.5 Å². The van der Waals surface area contributed by atoms with E-state index in [2.05, 4.69) is 5.32 Å². The van der Waals surface area contributed by atoms with E-state index in [1.165, 1.54) is 13.2 Å². The highest BCUT2D eigenvalue weighted by Gasteiger charge is 2.19. The lowest BCUT2D eigenvalue weighted by molar-refractivity contribution is -0.144. The molecule has 1 saturated carbocycles. The van der Waals surface area contributed by atoms with Gasteiger partial charge in [-0.2, -0.15) is 0 Å². The van der Waals surface area contributed by atoms with Crippen molar-refractivity contribution in [3.63, 3.8) is 0 Å². The Labute approximate surface area is 152 Å². The van der Waals surface area contributed by atoms with Gasteiger partial charge in [-0.05, 0) is 36.6 Å². The Bertz CT molecular complexity index is 676. The first-order chi connectivity index (χ1) is 12.7. The summed E-state index contributed by atoms with van der Waals surface area (Å²) < 4.78 is 21.4. The van der Waals surface area contributed by atoms with Gasteiger partial charge in [-0.15, -0.1) is 0 Å². The largest absolute Gasteiger partial charge is 0.493 e. The third-order valence-electron chi connectivity index (χ3n) is 4.33. The van der Waals surface area contributed by atoms with E-state index in [0.717, 1.165) is 25.7 Å². The van der Waals surface area contributed by atoms with Crippen molar-refractivity contribution >= 4 is 18.0 Å². The number of carbonyl (C=O) groups excluding carboxylic acids is 2. The Morgan fingerprint density at radius 1 is 1.23 bits per heavy atom. The van der Waals surface area contributed by atoms with Gasteiger partial charge < -0.3 is 24.3 Å². The molecule has 7 nitrogen and oxygen atoms in total. The van der Waals surface area contributed by atoms with Crippen LogP contribution in [-0.4, -0.2) is 44.8 Å². The van der Waals surface area contributed by atoms with Gasteiger partial charge in [0.1, 0.15) is 13.2 Å². The Hall–Kier alpha value is -2.70. The summed E-state index contributed by atoms with van der Waals surface area (Å²) in [6.45, 7) is 0.652. The molecule has 1 N–H and O–H groups in total. The SMILES string of the molecule is COc1cc(/C=C/C(=O)OCC(=O)NC2CCCC2)cc2c1OCCO2. The number of hydrogen-bond acceptors (Lipinski definition) is 6. The second-order valence-corrected chi connectivity index (χ2v) is 6.24. The number of ether oxygens (including phenoxy) is 4. The van der Waals surface area contributed by atoms with Crippen LogP contribution in [0, 0.1) is 0 Å². The first kappa shape index (κ1) is 18.1. The highest BCUT2D eigenvalue weighted by atomic mass is 16.6. The molecule has 0 spiro atoms. The van der Waals surface area contributed by atoms with Gasteiger partial charge in [-0.3, -0.25) is 4.79 Å². The summed E-state index contributed by atoms with van der Waals surface area (Å²) in [7, 11) is 1.54. The summed E-state index contributed by atoms with van der Waals surface area (Å²) in [4.78, 5) is 23.6. The molecule has 0 atom stereocenters. The van der Waals surface area contributed by atoms with E-state index in [9.17, 15) is 9.59 Å². The van der Waals surface area contributed by atoms with Crippen LogP contribution in [0.15, 0.2) is 18.2 Å². The lowest BCUT2D eigenvalue weighted by atomic mass is 10.1. The molecule has 0 saturated heterocycles. The third-order valence-corrected chi connectivity index (χ3v) is 4.33. The van der Waals surface area contributed by atoms with Crippen molar-refractivity contribution < 1.29 is 28.5 Å². The Kier molecular flexibility index (Phi) is 5.99. The molecule has 1 aromatic carbocycles. The summed E-state index contributed by atoms with van der Waals surface area (Å²) in [5.74, 6) is 0.813. The summed E-state index contributed by atoms with van der Waals surface area (Å²) in [6, 6.07) is 3.71. The molecule has 0 radical (unpaired) electrons. The fourth-order valence-electron chi connectivity index (χ4n) is 3.08. The maximum Gasteiger partial charge on any atom is 0.331 e. The van der Waals surface area contributed by atoms with Crippen LogP contribution in [0.25, 0.3) is 6.08 Å². The lowest BCUT2D eigenvalue weighted by Gasteiger charge is -2.20. The van der Waals surface area contributed by atoms with Crippen LogP contribution in [0.5, 0.6) is 17.2 Å². The number of fused-ring (bicyclic) bond motifs is 1. The van der Waals surface area contributed by atoms with E-state index in [1.54, 1.807) is 18.2 Å². The van der Waals surface area contributed by atoms with E-state index in [0.29, 0.717) is 36.0 Å². The molecule has 7 heteroatoms. The number of methoxy groups -OCH3 is 1. The highest BCUT2D eigenvalue weighted by molar-refractivity contribution is 5.89. The fraction of sp³-hybridized carbons (Fsp3) is 0.474. The van der Waals surface area contributed by atoms with Gasteiger partial charge >= 0.3 is 5.97 Å². The Morgan fingerprint density at radius 2 is 2.00 bits per heavy atom. The van der Waals surface area contributed by atoms with Crippen molar-refractivity contribution in [2.45, 2.75) is 31.7 Å². The van der Waals surface area contributed by atoms with E-state index in [-0.39, 0.29) is 18.6 Å². The van der Waals surface area contributed by atoms with E-state index < -0.39 is 5.97 Å². The van der Waals surface area contributed by atoms with Crippen LogP contribution in [-0.2, 0) is 14.3 Å². The lowest BCUT2D eigenvalue weighted by Crippen LogP contribution is -2.35. The smallest absolute Gasteiger partial charge is 0.331 e. The van der Waals surface area contributed by atoms with Crippen LogP contribution in [0.2, 0.25) is 0 Å². The average molecular weight is 361 g/mol. The highest BCUT2D eigenvalue weighted by Crippen LogP contribution is 2.40. The predicted octanol–water partition coefficient (Wildman–Crippen LogP) is 2.08. The van der Waals surface area contributed by atoms with Crippen molar-refractivity contribution in [2.24, 2.45) is 0 Å². The van der Waals surface area contributed by atoms with Crippen molar-refractivity contribution in [2.75, 3.05) is 26.9 Å². The molecule has 2 aliphatic rings. The van der Waals surface area contributed by atoms with Gasteiger partial charge in [0.25, 0.3) is 5.91 Å². The normalized spacial score (nSPS) is 16.5. The minimum absolute atomic E-state index is 0.210. The number of rotatable bonds is 6. The summed E-state index contributed by atoms with van der Waals surface area (Å²) in [5, 5.41) is 2.87.